The molecule has 1 N–H and O–H groups in total. The molecule has 1 amide bonds. The second kappa shape index (κ2) is 4.39. The van der Waals surface area contributed by atoms with E-state index in [1.165, 1.54) is 11.3 Å². The van der Waals surface area contributed by atoms with Crippen molar-refractivity contribution in [2.75, 3.05) is 5.32 Å². The van der Waals surface area contributed by atoms with Gasteiger partial charge in [0.1, 0.15) is 0 Å². The van der Waals surface area contributed by atoms with Gasteiger partial charge in [0.05, 0.1) is 14.4 Å². The summed E-state index contributed by atoms with van der Waals surface area (Å²) in [5, 5.41) is 6.45. The molecule has 84 valence electrons. The van der Waals surface area contributed by atoms with Gasteiger partial charge in [-0.15, -0.1) is 11.3 Å². The van der Waals surface area contributed by atoms with E-state index in [2.05, 4.69) is 26.4 Å². The van der Waals surface area contributed by atoms with Gasteiger partial charge in [-0.25, -0.2) is 0 Å². The number of rotatable bonds is 2. The summed E-state index contributed by atoms with van der Waals surface area (Å²) >= 11 is 4.68. The van der Waals surface area contributed by atoms with Crippen molar-refractivity contribution in [1.29, 1.82) is 0 Å². The molecule has 0 radical (unpaired) electrons. The van der Waals surface area contributed by atoms with Gasteiger partial charge in [-0.1, -0.05) is 5.16 Å². The lowest BCUT2D eigenvalue weighted by atomic mass is 10.3. The summed E-state index contributed by atoms with van der Waals surface area (Å²) in [7, 11) is 0. The SMILES string of the molecule is Cc1noc(NC(=O)c2ccc(Br)s2)c1C. The molecule has 0 fully saturated rings. The second-order valence-electron chi connectivity index (χ2n) is 3.28. The lowest BCUT2D eigenvalue weighted by molar-refractivity contribution is 0.102. The topological polar surface area (TPSA) is 55.1 Å². The fraction of sp³-hybridized carbons (Fsp3) is 0.200. The summed E-state index contributed by atoms with van der Waals surface area (Å²) in [4.78, 5) is 12.4. The average Bonchev–Trinajstić information content (AvgIpc) is 2.79. The van der Waals surface area contributed by atoms with Gasteiger partial charge in [-0.2, -0.15) is 0 Å². The van der Waals surface area contributed by atoms with Crippen LogP contribution in [0.3, 0.4) is 0 Å². The second-order valence-corrected chi connectivity index (χ2v) is 5.74. The molecule has 2 rings (SSSR count). The largest absolute Gasteiger partial charge is 0.338 e. The Morgan fingerprint density at radius 1 is 1.50 bits per heavy atom. The van der Waals surface area contributed by atoms with Gasteiger partial charge in [0.25, 0.3) is 5.91 Å². The Hall–Kier alpha value is -1.14. The van der Waals surface area contributed by atoms with Crippen molar-refractivity contribution in [2.45, 2.75) is 13.8 Å². The molecule has 0 aromatic carbocycles. The van der Waals surface area contributed by atoms with Gasteiger partial charge >= 0.3 is 0 Å². The zero-order chi connectivity index (χ0) is 11.7. The van der Waals surface area contributed by atoms with Crippen molar-refractivity contribution in [3.05, 3.63) is 32.1 Å². The van der Waals surface area contributed by atoms with E-state index in [0.29, 0.717) is 10.8 Å². The summed E-state index contributed by atoms with van der Waals surface area (Å²) in [5.74, 6) is 0.224. The van der Waals surface area contributed by atoms with Gasteiger partial charge in [0.15, 0.2) is 0 Å². The number of thiophene rings is 1. The van der Waals surface area contributed by atoms with Crippen molar-refractivity contribution in [1.82, 2.24) is 5.16 Å². The number of anilines is 1. The number of hydrogen-bond donors (Lipinski definition) is 1. The highest BCUT2D eigenvalue weighted by molar-refractivity contribution is 9.11. The minimum Gasteiger partial charge on any atom is -0.338 e. The van der Waals surface area contributed by atoms with Crippen LogP contribution in [-0.2, 0) is 0 Å². The monoisotopic (exact) mass is 300 g/mol. The maximum Gasteiger partial charge on any atom is 0.268 e. The number of aryl methyl sites for hydroxylation is 1. The average molecular weight is 301 g/mol. The first-order valence-corrected chi connectivity index (χ1v) is 6.18. The van der Waals surface area contributed by atoms with Crippen LogP contribution < -0.4 is 5.32 Å². The number of aromatic nitrogens is 1. The van der Waals surface area contributed by atoms with E-state index in [0.717, 1.165) is 15.0 Å². The van der Waals surface area contributed by atoms with Crippen LogP contribution in [0.25, 0.3) is 0 Å². The molecule has 2 heterocycles. The van der Waals surface area contributed by atoms with Crippen molar-refractivity contribution in [3.8, 4) is 0 Å². The molecule has 16 heavy (non-hydrogen) atoms. The third-order valence-corrected chi connectivity index (χ3v) is 3.80. The van der Waals surface area contributed by atoms with E-state index in [-0.39, 0.29) is 5.91 Å². The Balaban J connectivity index is 2.17. The minimum absolute atomic E-state index is 0.185. The van der Waals surface area contributed by atoms with E-state index in [1.807, 2.05) is 19.9 Å². The molecule has 0 aliphatic carbocycles. The predicted octanol–water partition coefficient (Wildman–Crippen LogP) is 3.37. The van der Waals surface area contributed by atoms with Gasteiger partial charge in [0.2, 0.25) is 5.88 Å². The molecular formula is C10H9BrN2O2S. The normalized spacial score (nSPS) is 10.4. The molecule has 0 saturated carbocycles. The number of nitrogens with one attached hydrogen (secondary N) is 1. The first kappa shape index (κ1) is 11.3. The van der Waals surface area contributed by atoms with E-state index in [1.54, 1.807) is 6.07 Å². The minimum atomic E-state index is -0.185. The number of carbonyl (C=O) groups excluding carboxylic acids is 1. The summed E-state index contributed by atoms with van der Waals surface area (Å²) in [5.41, 5.74) is 1.63. The zero-order valence-corrected chi connectivity index (χ0v) is 11.1. The Kier molecular flexibility index (Phi) is 3.11. The third kappa shape index (κ3) is 2.17. The van der Waals surface area contributed by atoms with Crippen molar-refractivity contribution >= 4 is 39.1 Å². The molecule has 4 nitrogen and oxygen atoms in total. The Morgan fingerprint density at radius 3 is 2.75 bits per heavy atom. The van der Waals surface area contributed by atoms with Crippen LogP contribution >= 0.6 is 27.3 Å². The Morgan fingerprint density at radius 2 is 2.25 bits per heavy atom. The summed E-state index contributed by atoms with van der Waals surface area (Å²) in [6, 6.07) is 3.58. The molecule has 2 aromatic rings. The number of hydrogen-bond acceptors (Lipinski definition) is 4. The molecule has 0 spiro atoms. The van der Waals surface area contributed by atoms with Crippen LogP contribution in [0.4, 0.5) is 5.88 Å². The number of carbonyl (C=O) groups is 1. The zero-order valence-electron chi connectivity index (χ0n) is 8.70. The maximum absolute atomic E-state index is 11.8. The van der Waals surface area contributed by atoms with Crippen molar-refractivity contribution in [2.24, 2.45) is 0 Å². The van der Waals surface area contributed by atoms with Gasteiger partial charge in [-0.3, -0.25) is 10.1 Å². The fourth-order valence-corrected chi connectivity index (χ4v) is 2.41. The summed E-state index contributed by atoms with van der Waals surface area (Å²) in [6.45, 7) is 3.68. The van der Waals surface area contributed by atoms with Crippen LogP contribution in [-0.4, -0.2) is 11.1 Å². The molecule has 0 aliphatic heterocycles. The Labute approximate surface area is 105 Å². The van der Waals surface area contributed by atoms with Gasteiger partial charge in [-0.05, 0) is 41.9 Å². The van der Waals surface area contributed by atoms with Crippen LogP contribution in [0.5, 0.6) is 0 Å². The first-order chi connectivity index (χ1) is 7.58. The van der Waals surface area contributed by atoms with Gasteiger partial charge < -0.3 is 4.52 Å². The van der Waals surface area contributed by atoms with Crippen LogP contribution in [0, 0.1) is 13.8 Å². The lowest BCUT2D eigenvalue weighted by Gasteiger charge is -1.98. The third-order valence-electron chi connectivity index (χ3n) is 2.18. The molecule has 0 unspecified atom stereocenters. The molecule has 0 aliphatic rings. The standard InChI is InChI=1S/C10H9BrN2O2S/c1-5-6(2)13-15-10(5)12-9(14)7-3-4-8(11)16-7/h3-4H,1-2H3,(H,12,14). The maximum atomic E-state index is 11.8. The van der Waals surface area contributed by atoms with Gasteiger partial charge in [0, 0.05) is 5.56 Å². The van der Waals surface area contributed by atoms with Crippen LogP contribution in [0.1, 0.15) is 20.9 Å². The van der Waals surface area contributed by atoms with E-state index in [4.69, 9.17) is 4.52 Å². The molecule has 2 aromatic heterocycles. The number of amides is 1. The molecule has 0 atom stereocenters. The predicted molar refractivity (Wildman–Crippen MR) is 65.9 cm³/mol. The van der Waals surface area contributed by atoms with E-state index >= 15 is 0 Å². The highest BCUT2D eigenvalue weighted by Gasteiger charge is 2.14. The molecular weight excluding hydrogens is 292 g/mol. The lowest BCUT2D eigenvalue weighted by Crippen LogP contribution is -2.10. The van der Waals surface area contributed by atoms with E-state index in [9.17, 15) is 4.79 Å². The first-order valence-electron chi connectivity index (χ1n) is 4.57. The van der Waals surface area contributed by atoms with E-state index < -0.39 is 0 Å². The molecule has 0 bridgehead atoms. The highest BCUT2D eigenvalue weighted by atomic mass is 79.9. The quantitative estimate of drug-likeness (QED) is 0.925. The molecule has 6 heteroatoms. The Bertz CT molecular complexity index is 533. The highest BCUT2D eigenvalue weighted by Crippen LogP contribution is 2.24. The van der Waals surface area contributed by atoms with Crippen molar-refractivity contribution in [3.63, 3.8) is 0 Å². The molecule has 0 saturated heterocycles. The fourth-order valence-electron chi connectivity index (χ4n) is 1.13. The summed E-state index contributed by atoms with van der Waals surface area (Å²) in [6.07, 6.45) is 0. The number of nitrogens with zero attached hydrogens (tertiary/aromatic N) is 1. The summed E-state index contributed by atoms with van der Waals surface area (Å²) < 4.78 is 5.92. The van der Waals surface area contributed by atoms with Crippen molar-refractivity contribution < 1.29 is 9.32 Å². The smallest absolute Gasteiger partial charge is 0.268 e. The van der Waals surface area contributed by atoms with Crippen LogP contribution in [0.2, 0.25) is 0 Å². The number of halogens is 1. The van der Waals surface area contributed by atoms with Crippen LogP contribution in [0.15, 0.2) is 20.4 Å².